The molecule has 1 fully saturated rings. The van der Waals surface area contributed by atoms with Gasteiger partial charge in [-0.3, -0.25) is 9.59 Å². The molecule has 2 heterocycles. The highest BCUT2D eigenvalue weighted by molar-refractivity contribution is 5.95. The SMILES string of the molecule is CCCN(CCN1CCCC1)C(=O)c1cc(-c2ccccc2)[nH]c(=O)c1. The van der Waals surface area contributed by atoms with Gasteiger partial charge in [0.05, 0.1) is 0 Å². The van der Waals surface area contributed by atoms with Gasteiger partial charge in [0.2, 0.25) is 5.56 Å². The van der Waals surface area contributed by atoms with Crippen LogP contribution < -0.4 is 5.56 Å². The molecule has 1 aliphatic rings. The summed E-state index contributed by atoms with van der Waals surface area (Å²) in [5, 5.41) is 0. The number of pyridine rings is 1. The number of likely N-dealkylation sites (tertiary alicyclic amines) is 1. The quantitative estimate of drug-likeness (QED) is 0.832. The topological polar surface area (TPSA) is 56.4 Å². The Labute approximate surface area is 154 Å². The number of hydrogen-bond acceptors (Lipinski definition) is 3. The monoisotopic (exact) mass is 353 g/mol. The lowest BCUT2D eigenvalue weighted by atomic mass is 10.1. The highest BCUT2D eigenvalue weighted by atomic mass is 16.2. The van der Waals surface area contributed by atoms with Crippen LogP contribution in [-0.2, 0) is 0 Å². The van der Waals surface area contributed by atoms with Gasteiger partial charge in [-0.15, -0.1) is 0 Å². The third-order valence-corrected chi connectivity index (χ3v) is 4.84. The first-order chi connectivity index (χ1) is 12.7. The van der Waals surface area contributed by atoms with Gasteiger partial charge in [-0.25, -0.2) is 0 Å². The minimum absolute atomic E-state index is 0.0608. The largest absolute Gasteiger partial charge is 0.337 e. The number of aromatic amines is 1. The highest BCUT2D eigenvalue weighted by Gasteiger charge is 2.19. The molecule has 5 nitrogen and oxygen atoms in total. The smallest absolute Gasteiger partial charge is 0.254 e. The second-order valence-electron chi connectivity index (χ2n) is 6.85. The zero-order valence-corrected chi connectivity index (χ0v) is 15.4. The van der Waals surface area contributed by atoms with Gasteiger partial charge in [0, 0.05) is 37.0 Å². The summed E-state index contributed by atoms with van der Waals surface area (Å²) >= 11 is 0. The predicted octanol–water partition coefficient (Wildman–Crippen LogP) is 2.99. The molecule has 5 heteroatoms. The van der Waals surface area contributed by atoms with Gasteiger partial charge < -0.3 is 14.8 Å². The normalized spacial score (nSPS) is 14.5. The number of hydrogen-bond donors (Lipinski definition) is 1. The lowest BCUT2D eigenvalue weighted by Crippen LogP contribution is -2.38. The van der Waals surface area contributed by atoms with Crippen molar-refractivity contribution < 1.29 is 4.79 Å². The van der Waals surface area contributed by atoms with Crippen LogP contribution in [0.25, 0.3) is 11.3 Å². The van der Waals surface area contributed by atoms with E-state index in [0.717, 1.165) is 31.6 Å². The van der Waals surface area contributed by atoms with Gasteiger partial charge in [-0.2, -0.15) is 0 Å². The van der Waals surface area contributed by atoms with E-state index in [1.54, 1.807) is 6.07 Å². The van der Waals surface area contributed by atoms with Crippen LogP contribution in [0.3, 0.4) is 0 Å². The Bertz CT molecular complexity index is 779. The van der Waals surface area contributed by atoms with Crippen molar-refractivity contribution in [1.29, 1.82) is 0 Å². The first-order valence-electron chi connectivity index (χ1n) is 9.49. The number of H-pyrrole nitrogens is 1. The van der Waals surface area contributed by atoms with E-state index in [-0.39, 0.29) is 11.5 Å². The van der Waals surface area contributed by atoms with Crippen molar-refractivity contribution in [2.24, 2.45) is 0 Å². The van der Waals surface area contributed by atoms with Crippen molar-refractivity contribution in [2.45, 2.75) is 26.2 Å². The van der Waals surface area contributed by atoms with Crippen molar-refractivity contribution in [3.8, 4) is 11.3 Å². The summed E-state index contributed by atoms with van der Waals surface area (Å²) in [6.07, 6.45) is 3.40. The Balaban J connectivity index is 1.79. The summed E-state index contributed by atoms with van der Waals surface area (Å²) in [4.78, 5) is 32.2. The fourth-order valence-corrected chi connectivity index (χ4v) is 3.48. The minimum atomic E-state index is -0.245. The molecule has 1 aliphatic heterocycles. The third-order valence-electron chi connectivity index (χ3n) is 4.84. The summed E-state index contributed by atoms with van der Waals surface area (Å²) in [5.74, 6) is -0.0608. The fraction of sp³-hybridized carbons (Fsp3) is 0.429. The molecular formula is C21H27N3O2. The van der Waals surface area contributed by atoms with Crippen molar-refractivity contribution in [1.82, 2.24) is 14.8 Å². The average molecular weight is 353 g/mol. The maximum atomic E-state index is 13.0. The number of carbonyl (C=O) groups is 1. The Morgan fingerprint density at radius 3 is 2.54 bits per heavy atom. The summed E-state index contributed by atoms with van der Waals surface area (Å²) in [6.45, 7) is 6.64. The number of nitrogens with zero attached hydrogens (tertiary/aromatic N) is 2. The van der Waals surface area contributed by atoms with E-state index in [1.165, 1.54) is 18.9 Å². The molecule has 3 rings (SSSR count). The molecule has 138 valence electrons. The van der Waals surface area contributed by atoms with Crippen LogP contribution in [0, 0.1) is 0 Å². The molecule has 0 aliphatic carbocycles. The molecule has 0 saturated carbocycles. The van der Waals surface area contributed by atoms with Crippen LogP contribution in [0.15, 0.2) is 47.3 Å². The molecule has 2 aromatic rings. The molecule has 1 aromatic heterocycles. The lowest BCUT2D eigenvalue weighted by molar-refractivity contribution is 0.0740. The Morgan fingerprint density at radius 2 is 1.85 bits per heavy atom. The third kappa shape index (κ3) is 4.61. The molecule has 0 unspecified atom stereocenters. The first-order valence-corrected chi connectivity index (χ1v) is 9.49. The van der Waals surface area contributed by atoms with Crippen LogP contribution in [0.2, 0.25) is 0 Å². The van der Waals surface area contributed by atoms with E-state index in [4.69, 9.17) is 0 Å². The Morgan fingerprint density at radius 1 is 1.12 bits per heavy atom. The van der Waals surface area contributed by atoms with E-state index in [9.17, 15) is 9.59 Å². The maximum absolute atomic E-state index is 13.0. The van der Waals surface area contributed by atoms with E-state index >= 15 is 0 Å². The Hall–Kier alpha value is -2.40. The van der Waals surface area contributed by atoms with E-state index in [1.807, 2.05) is 35.2 Å². The zero-order valence-electron chi connectivity index (χ0n) is 15.4. The van der Waals surface area contributed by atoms with Crippen LogP contribution in [0.5, 0.6) is 0 Å². The number of nitrogens with one attached hydrogen (secondary N) is 1. The molecule has 0 spiro atoms. The predicted molar refractivity (Wildman–Crippen MR) is 104 cm³/mol. The summed E-state index contributed by atoms with van der Waals surface area (Å²) < 4.78 is 0. The standard InChI is InChI=1S/C21H27N3O2/c1-2-10-24(14-13-23-11-6-7-12-23)21(26)18-15-19(22-20(25)16-18)17-8-4-3-5-9-17/h3-5,8-9,15-16H,2,6-7,10-14H2,1H3,(H,22,25). The molecule has 1 N–H and O–H groups in total. The summed E-state index contributed by atoms with van der Waals surface area (Å²) in [6, 6.07) is 12.8. The number of carbonyl (C=O) groups excluding carboxylic acids is 1. The van der Waals surface area contributed by atoms with Gasteiger partial charge in [-0.1, -0.05) is 37.3 Å². The van der Waals surface area contributed by atoms with Gasteiger partial charge in [0.15, 0.2) is 0 Å². The second kappa shape index (κ2) is 8.81. The summed E-state index contributed by atoms with van der Waals surface area (Å²) in [7, 11) is 0. The van der Waals surface area contributed by atoms with Crippen molar-refractivity contribution in [3.63, 3.8) is 0 Å². The van der Waals surface area contributed by atoms with Gasteiger partial charge >= 0.3 is 0 Å². The van der Waals surface area contributed by atoms with Crippen LogP contribution >= 0.6 is 0 Å². The molecule has 26 heavy (non-hydrogen) atoms. The summed E-state index contributed by atoms with van der Waals surface area (Å²) in [5.41, 5.74) is 1.80. The highest BCUT2D eigenvalue weighted by Crippen LogP contribution is 2.17. The van der Waals surface area contributed by atoms with Crippen LogP contribution in [0.4, 0.5) is 0 Å². The fourth-order valence-electron chi connectivity index (χ4n) is 3.48. The van der Waals surface area contributed by atoms with Gasteiger partial charge in [-0.05, 0) is 44.0 Å². The van der Waals surface area contributed by atoms with Gasteiger partial charge in [0.1, 0.15) is 0 Å². The van der Waals surface area contributed by atoms with Crippen molar-refractivity contribution in [3.05, 3.63) is 58.4 Å². The van der Waals surface area contributed by atoms with Crippen molar-refractivity contribution in [2.75, 3.05) is 32.7 Å². The number of amides is 1. The van der Waals surface area contributed by atoms with Crippen molar-refractivity contribution >= 4 is 5.91 Å². The lowest BCUT2D eigenvalue weighted by Gasteiger charge is -2.25. The molecule has 0 bridgehead atoms. The molecule has 1 saturated heterocycles. The van der Waals surface area contributed by atoms with Crippen LogP contribution in [0.1, 0.15) is 36.5 Å². The second-order valence-corrected chi connectivity index (χ2v) is 6.85. The van der Waals surface area contributed by atoms with E-state index in [2.05, 4.69) is 16.8 Å². The number of rotatable bonds is 7. The molecule has 1 amide bonds. The van der Waals surface area contributed by atoms with Gasteiger partial charge in [0.25, 0.3) is 5.91 Å². The number of aromatic nitrogens is 1. The first kappa shape index (κ1) is 18.4. The van der Waals surface area contributed by atoms with E-state index < -0.39 is 0 Å². The molecule has 0 radical (unpaired) electrons. The molecule has 1 aromatic carbocycles. The van der Waals surface area contributed by atoms with E-state index in [0.29, 0.717) is 24.3 Å². The Kier molecular flexibility index (Phi) is 6.23. The molecular weight excluding hydrogens is 326 g/mol. The van der Waals surface area contributed by atoms with Crippen LogP contribution in [-0.4, -0.2) is 53.4 Å². The zero-order chi connectivity index (χ0) is 18.4. The number of benzene rings is 1. The minimum Gasteiger partial charge on any atom is -0.337 e. The maximum Gasteiger partial charge on any atom is 0.254 e. The molecule has 0 atom stereocenters. The average Bonchev–Trinajstić information content (AvgIpc) is 3.18.